The van der Waals surface area contributed by atoms with Gasteiger partial charge in [0.15, 0.2) is 0 Å². The summed E-state index contributed by atoms with van der Waals surface area (Å²) in [6.45, 7) is 7.12. The molecule has 1 aliphatic heterocycles. The highest BCUT2D eigenvalue weighted by Gasteiger charge is 2.32. The molecular weight excluding hydrogens is 256 g/mol. The fourth-order valence-electron chi connectivity index (χ4n) is 1.96. The molecule has 0 bridgehead atoms. The molecule has 0 saturated carbocycles. The van der Waals surface area contributed by atoms with E-state index in [2.05, 4.69) is 4.74 Å². The number of ether oxygens (including phenoxy) is 1. The smallest absolute Gasteiger partial charge is 0.322 e. The molecule has 18 heavy (non-hydrogen) atoms. The Bertz CT molecular complexity index is 386. The van der Waals surface area contributed by atoms with Crippen molar-refractivity contribution >= 4 is 16.0 Å². The van der Waals surface area contributed by atoms with Gasteiger partial charge in [-0.05, 0) is 20.8 Å². The number of methoxy groups -OCH3 is 1. The van der Waals surface area contributed by atoms with Crippen LogP contribution in [0.15, 0.2) is 0 Å². The number of hydrogen-bond donors (Lipinski definition) is 0. The Labute approximate surface area is 109 Å². The van der Waals surface area contributed by atoms with Crippen molar-refractivity contribution in [3.05, 3.63) is 0 Å². The second-order valence-electron chi connectivity index (χ2n) is 4.73. The molecule has 7 heteroatoms. The van der Waals surface area contributed by atoms with E-state index in [0.717, 1.165) is 0 Å². The summed E-state index contributed by atoms with van der Waals surface area (Å²) in [6, 6.07) is -0.320. The zero-order valence-electron chi connectivity index (χ0n) is 11.4. The minimum atomic E-state index is -3.18. The molecule has 0 aliphatic carbocycles. The molecule has 1 saturated heterocycles. The average molecular weight is 278 g/mol. The van der Waals surface area contributed by atoms with Crippen molar-refractivity contribution < 1.29 is 17.9 Å². The van der Waals surface area contributed by atoms with Gasteiger partial charge in [0, 0.05) is 26.2 Å². The molecule has 106 valence electrons. The number of rotatable bonds is 4. The average Bonchev–Trinajstić information content (AvgIpc) is 2.36. The third-order valence-electron chi connectivity index (χ3n) is 3.32. The van der Waals surface area contributed by atoms with Gasteiger partial charge in [-0.15, -0.1) is 0 Å². The minimum Gasteiger partial charge on any atom is -0.468 e. The summed E-state index contributed by atoms with van der Waals surface area (Å²) in [5.74, 6) is -0.282. The Morgan fingerprint density at radius 1 is 1.11 bits per heavy atom. The lowest BCUT2D eigenvalue weighted by atomic mass is 10.2. The van der Waals surface area contributed by atoms with Crippen molar-refractivity contribution in [3.63, 3.8) is 0 Å². The summed E-state index contributed by atoms with van der Waals surface area (Å²) in [4.78, 5) is 13.3. The summed E-state index contributed by atoms with van der Waals surface area (Å²) in [5.41, 5.74) is 0. The van der Waals surface area contributed by atoms with Crippen LogP contribution in [0.25, 0.3) is 0 Å². The maximum absolute atomic E-state index is 12.0. The van der Waals surface area contributed by atoms with E-state index in [9.17, 15) is 13.2 Å². The topological polar surface area (TPSA) is 66.9 Å². The molecule has 1 heterocycles. The van der Waals surface area contributed by atoms with E-state index < -0.39 is 15.3 Å². The molecule has 1 atom stereocenters. The van der Waals surface area contributed by atoms with Gasteiger partial charge in [0.05, 0.1) is 12.4 Å². The third kappa shape index (κ3) is 3.21. The number of piperazine rings is 1. The van der Waals surface area contributed by atoms with Gasteiger partial charge in [-0.3, -0.25) is 9.69 Å². The Kier molecular flexibility index (Phi) is 5.12. The van der Waals surface area contributed by atoms with Gasteiger partial charge in [0.2, 0.25) is 10.0 Å². The van der Waals surface area contributed by atoms with Crippen molar-refractivity contribution in [1.29, 1.82) is 0 Å². The van der Waals surface area contributed by atoms with E-state index in [-0.39, 0.29) is 12.0 Å². The Morgan fingerprint density at radius 3 is 2.00 bits per heavy atom. The molecule has 0 amide bonds. The Morgan fingerprint density at radius 2 is 1.61 bits per heavy atom. The monoisotopic (exact) mass is 278 g/mol. The van der Waals surface area contributed by atoms with Crippen LogP contribution in [0, 0.1) is 0 Å². The normalized spacial score (nSPS) is 20.9. The number of carbonyl (C=O) groups excluding carboxylic acids is 1. The van der Waals surface area contributed by atoms with Crippen molar-refractivity contribution in [2.45, 2.75) is 32.1 Å². The first-order chi connectivity index (χ1) is 8.30. The van der Waals surface area contributed by atoms with Crippen LogP contribution in [0.2, 0.25) is 0 Å². The lowest BCUT2D eigenvalue weighted by molar-refractivity contribution is -0.146. The van der Waals surface area contributed by atoms with Crippen LogP contribution in [0.4, 0.5) is 0 Å². The summed E-state index contributed by atoms with van der Waals surface area (Å²) in [6.07, 6.45) is 0. The van der Waals surface area contributed by atoms with Crippen molar-refractivity contribution in [3.8, 4) is 0 Å². The van der Waals surface area contributed by atoms with E-state index in [1.165, 1.54) is 11.4 Å². The second kappa shape index (κ2) is 5.99. The van der Waals surface area contributed by atoms with E-state index in [0.29, 0.717) is 26.2 Å². The highest BCUT2D eigenvalue weighted by atomic mass is 32.2. The van der Waals surface area contributed by atoms with Crippen molar-refractivity contribution in [2.75, 3.05) is 33.3 Å². The van der Waals surface area contributed by atoms with Crippen LogP contribution in [0.1, 0.15) is 20.8 Å². The maximum Gasteiger partial charge on any atom is 0.322 e. The summed E-state index contributed by atoms with van der Waals surface area (Å²) in [7, 11) is -1.82. The lowest BCUT2D eigenvalue weighted by Gasteiger charge is -2.36. The maximum atomic E-state index is 12.0. The third-order valence-corrected chi connectivity index (χ3v) is 5.60. The number of carbonyl (C=O) groups is 1. The first-order valence-electron chi connectivity index (χ1n) is 6.11. The second-order valence-corrected chi connectivity index (χ2v) is 7.22. The Hall–Kier alpha value is -0.660. The predicted octanol–water partition coefficient (Wildman–Crippen LogP) is -0.0963. The highest BCUT2D eigenvalue weighted by Crippen LogP contribution is 2.14. The molecule has 0 unspecified atom stereocenters. The van der Waals surface area contributed by atoms with E-state index in [1.807, 2.05) is 4.90 Å². The van der Waals surface area contributed by atoms with Gasteiger partial charge in [0.25, 0.3) is 0 Å². The van der Waals surface area contributed by atoms with Crippen molar-refractivity contribution in [1.82, 2.24) is 9.21 Å². The summed E-state index contributed by atoms with van der Waals surface area (Å²) >= 11 is 0. The van der Waals surface area contributed by atoms with Gasteiger partial charge in [-0.2, -0.15) is 4.31 Å². The van der Waals surface area contributed by atoms with Gasteiger partial charge in [-0.25, -0.2) is 8.42 Å². The first kappa shape index (κ1) is 15.4. The lowest BCUT2D eigenvalue weighted by Crippen LogP contribution is -2.54. The van der Waals surface area contributed by atoms with Crippen LogP contribution in [-0.2, 0) is 19.6 Å². The quantitative estimate of drug-likeness (QED) is 0.672. The summed E-state index contributed by atoms with van der Waals surface area (Å²) < 4.78 is 30.1. The molecule has 1 aliphatic rings. The van der Waals surface area contributed by atoms with Crippen LogP contribution >= 0.6 is 0 Å². The van der Waals surface area contributed by atoms with E-state index >= 15 is 0 Å². The Balaban J connectivity index is 2.59. The molecule has 1 rings (SSSR count). The largest absolute Gasteiger partial charge is 0.468 e. The molecule has 0 spiro atoms. The van der Waals surface area contributed by atoms with E-state index in [1.54, 1.807) is 20.8 Å². The van der Waals surface area contributed by atoms with Crippen LogP contribution < -0.4 is 0 Å². The standard InChI is InChI=1S/C11H22N2O4S/c1-9(2)18(15,16)13-7-5-12(6-8-13)10(3)11(14)17-4/h9-10H,5-8H2,1-4H3/t10-/m0/s1. The van der Waals surface area contributed by atoms with Crippen LogP contribution in [0.3, 0.4) is 0 Å². The molecule has 6 nitrogen and oxygen atoms in total. The van der Waals surface area contributed by atoms with Crippen LogP contribution in [0.5, 0.6) is 0 Å². The number of esters is 1. The van der Waals surface area contributed by atoms with Gasteiger partial charge >= 0.3 is 5.97 Å². The number of sulfonamides is 1. The van der Waals surface area contributed by atoms with Gasteiger partial charge in [-0.1, -0.05) is 0 Å². The zero-order valence-corrected chi connectivity index (χ0v) is 12.2. The predicted molar refractivity (Wildman–Crippen MR) is 68.7 cm³/mol. The fourth-order valence-corrected chi connectivity index (χ4v) is 3.23. The van der Waals surface area contributed by atoms with Gasteiger partial charge < -0.3 is 4.74 Å². The molecular formula is C11H22N2O4S. The summed E-state index contributed by atoms with van der Waals surface area (Å²) in [5, 5.41) is -0.401. The molecule has 1 fully saturated rings. The van der Waals surface area contributed by atoms with Crippen molar-refractivity contribution in [2.24, 2.45) is 0 Å². The number of hydrogen-bond acceptors (Lipinski definition) is 5. The van der Waals surface area contributed by atoms with E-state index in [4.69, 9.17) is 0 Å². The van der Waals surface area contributed by atoms with Gasteiger partial charge in [0.1, 0.15) is 6.04 Å². The molecule has 0 aromatic rings. The fraction of sp³-hybridized carbons (Fsp3) is 0.909. The minimum absolute atomic E-state index is 0.282. The highest BCUT2D eigenvalue weighted by molar-refractivity contribution is 7.89. The van der Waals surface area contributed by atoms with Crippen LogP contribution in [-0.4, -0.2) is 68.2 Å². The SMILES string of the molecule is COC(=O)[C@H](C)N1CCN(S(=O)(=O)C(C)C)CC1. The molecule has 0 N–H and O–H groups in total. The molecule has 0 aromatic heterocycles. The number of nitrogens with zero attached hydrogens (tertiary/aromatic N) is 2. The first-order valence-corrected chi connectivity index (χ1v) is 7.62. The molecule has 0 aromatic carbocycles. The zero-order chi connectivity index (χ0) is 13.9. The molecule has 0 radical (unpaired) electrons.